The maximum absolute atomic E-state index is 3.59. The highest BCUT2D eigenvalue weighted by Crippen LogP contribution is 2.02. The van der Waals surface area contributed by atoms with Crippen LogP contribution in [-0.4, -0.2) is 12.6 Å². The molecule has 1 N–H and O–H groups in total. The summed E-state index contributed by atoms with van der Waals surface area (Å²) in [7, 11) is 0. The fraction of sp³-hybridized carbons (Fsp3) is 0.571. The molecule has 0 saturated carbocycles. The summed E-state index contributed by atoms with van der Waals surface area (Å²) in [6, 6.07) is 11.4. The third-order valence-electron chi connectivity index (χ3n) is 2.90. The fourth-order valence-corrected chi connectivity index (χ4v) is 1.82. The third-order valence-corrected chi connectivity index (χ3v) is 2.90. The maximum atomic E-state index is 3.59. The van der Waals surface area contributed by atoms with Crippen LogP contribution < -0.4 is 5.32 Å². The van der Waals surface area contributed by atoms with Gasteiger partial charge in [0, 0.05) is 6.04 Å². The lowest BCUT2D eigenvalue weighted by Gasteiger charge is -2.14. The lowest BCUT2D eigenvalue weighted by Crippen LogP contribution is -2.28. The van der Waals surface area contributed by atoms with Gasteiger partial charge in [-0.2, -0.15) is 0 Å². The highest BCUT2D eigenvalue weighted by molar-refractivity contribution is 5.14. The molecule has 15 heavy (non-hydrogen) atoms. The van der Waals surface area contributed by atoms with Crippen molar-refractivity contribution in [2.75, 3.05) is 6.54 Å². The van der Waals surface area contributed by atoms with Gasteiger partial charge in [-0.25, -0.2) is 0 Å². The van der Waals surface area contributed by atoms with Gasteiger partial charge in [-0.15, -0.1) is 0 Å². The zero-order valence-electron chi connectivity index (χ0n) is 10.00. The molecule has 0 aliphatic rings. The van der Waals surface area contributed by atoms with E-state index in [4.69, 9.17) is 0 Å². The largest absolute Gasteiger partial charge is 0.314 e. The smallest absolute Gasteiger partial charge is 0.00618 e. The predicted octanol–water partition coefficient (Wildman–Crippen LogP) is 3.40. The van der Waals surface area contributed by atoms with E-state index in [1.54, 1.807) is 0 Å². The average molecular weight is 205 g/mol. The lowest BCUT2D eigenvalue weighted by atomic mass is 10.1. The Morgan fingerprint density at radius 2 is 1.73 bits per heavy atom. The van der Waals surface area contributed by atoms with E-state index < -0.39 is 0 Å². The normalized spacial score (nSPS) is 10.9. The first-order valence-electron chi connectivity index (χ1n) is 6.14. The number of nitrogens with one attached hydrogen (secondary N) is 1. The van der Waals surface area contributed by atoms with Crippen LogP contribution in [0.4, 0.5) is 0 Å². The van der Waals surface area contributed by atoms with E-state index in [-0.39, 0.29) is 0 Å². The molecule has 0 unspecified atom stereocenters. The highest BCUT2D eigenvalue weighted by atomic mass is 14.9. The van der Waals surface area contributed by atoms with Crippen molar-refractivity contribution in [3.8, 4) is 0 Å². The van der Waals surface area contributed by atoms with Gasteiger partial charge >= 0.3 is 0 Å². The molecule has 0 atom stereocenters. The molecule has 1 nitrogen and oxygen atoms in total. The molecule has 0 aliphatic heterocycles. The van der Waals surface area contributed by atoms with Crippen molar-refractivity contribution in [2.45, 2.75) is 45.6 Å². The fourth-order valence-electron chi connectivity index (χ4n) is 1.82. The molecule has 0 aromatic heterocycles. The van der Waals surface area contributed by atoms with Crippen molar-refractivity contribution >= 4 is 0 Å². The van der Waals surface area contributed by atoms with Crippen LogP contribution in [0.3, 0.4) is 0 Å². The molecule has 1 aromatic rings. The van der Waals surface area contributed by atoms with Crippen LogP contribution in [0.2, 0.25) is 0 Å². The summed E-state index contributed by atoms with van der Waals surface area (Å²) in [6.07, 6.45) is 4.90. The van der Waals surface area contributed by atoms with E-state index in [9.17, 15) is 0 Å². The van der Waals surface area contributed by atoms with Crippen molar-refractivity contribution in [3.05, 3.63) is 35.9 Å². The Morgan fingerprint density at radius 1 is 1.07 bits per heavy atom. The second-order valence-corrected chi connectivity index (χ2v) is 4.06. The maximum Gasteiger partial charge on any atom is 0.00618 e. The molecule has 0 heterocycles. The molecular formula is C14H23N. The Hall–Kier alpha value is -0.820. The Labute approximate surface area is 93.9 Å². The van der Waals surface area contributed by atoms with Crippen molar-refractivity contribution in [1.82, 2.24) is 5.32 Å². The molecule has 1 aromatic carbocycles. The molecule has 84 valence electrons. The van der Waals surface area contributed by atoms with Gasteiger partial charge in [-0.1, -0.05) is 44.2 Å². The Balaban J connectivity index is 2.12. The van der Waals surface area contributed by atoms with E-state index in [1.807, 2.05) is 0 Å². The summed E-state index contributed by atoms with van der Waals surface area (Å²) >= 11 is 0. The molecule has 0 bridgehead atoms. The first kappa shape index (κ1) is 12.3. The lowest BCUT2D eigenvalue weighted by molar-refractivity contribution is 0.479. The van der Waals surface area contributed by atoms with Gasteiger partial charge in [0.1, 0.15) is 0 Å². The molecular weight excluding hydrogens is 182 g/mol. The first-order valence-corrected chi connectivity index (χ1v) is 6.14. The van der Waals surface area contributed by atoms with Crippen molar-refractivity contribution in [1.29, 1.82) is 0 Å². The van der Waals surface area contributed by atoms with E-state index in [0.717, 1.165) is 6.54 Å². The summed E-state index contributed by atoms with van der Waals surface area (Å²) in [6.45, 7) is 5.64. The number of hydrogen-bond acceptors (Lipinski definition) is 1. The summed E-state index contributed by atoms with van der Waals surface area (Å²) in [5.74, 6) is 0. The van der Waals surface area contributed by atoms with E-state index in [2.05, 4.69) is 49.5 Å². The van der Waals surface area contributed by atoms with Crippen LogP contribution in [0.25, 0.3) is 0 Å². The molecule has 0 spiro atoms. The Bertz CT molecular complexity index is 239. The second kappa shape index (κ2) is 7.47. The van der Waals surface area contributed by atoms with Crippen molar-refractivity contribution in [2.24, 2.45) is 0 Å². The number of benzene rings is 1. The van der Waals surface area contributed by atoms with Crippen LogP contribution in [0, 0.1) is 0 Å². The summed E-state index contributed by atoms with van der Waals surface area (Å²) in [4.78, 5) is 0. The Morgan fingerprint density at radius 3 is 2.33 bits per heavy atom. The number of rotatable bonds is 7. The van der Waals surface area contributed by atoms with E-state index in [0.29, 0.717) is 6.04 Å². The summed E-state index contributed by atoms with van der Waals surface area (Å²) in [5, 5.41) is 3.59. The monoisotopic (exact) mass is 205 g/mol. The molecule has 1 rings (SSSR count). The standard InChI is InChI=1S/C14H23N/c1-3-14(4-2)15-12-8-11-13-9-6-5-7-10-13/h5-7,9-10,14-15H,3-4,8,11-12H2,1-2H3. The molecule has 0 fully saturated rings. The zero-order chi connectivity index (χ0) is 10.9. The van der Waals surface area contributed by atoms with Gasteiger partial charge in [0.05, 0.1) is 0 Å². The van der Waals surface area contributed by atoms with Gasteiger partial charge < -0.3 is 5.32 Å². The van der Waals surface area contributed by atoms with Crippen LogP contribution in [0.15, 0.2) is 30.3 Å². The number of aryl methyl sites for hydroxylation is 1. The SMILES string of the molecule is CCC(CC)NCCCc1ccccc1. The molecule has 0 aliphatic carbocycles. The Kier molecular flexibility index (Phi) is 6.10. The van der Waals surface area contributed by atoms with Gasteiger partial charge in [-0.3, -0.25) is 0 Å². The minimum Gasteiger partial charge on any atom is -0.314 e. The quantitative estimate of drug-likeness (QED) is 0.673. The van der Waals surface area contributed by atoms with E-state index >= 15 is 0 Å². The van der Waals surface area contributed by atoms with Crippen LogP contribution in [-0.2, 0) is 6.42 Å². The average Bonchev–Trinajstić information content (AvgIpc) is 2.31. The predicted molar refractivity (Wildman–Crippen MR) is 67.1 cm³/mol. The topological polar surface area (TPSA) is 12.0 Å². The second-order valence-electron chi connectivity index (χ2n) is 4.06. The molecule has 0 amide bonds. The molecule has 0 radical (unpaired) electrons. The van der Waals surface area contributed by atoms with Crippen LogP contribution in [0.1, 0.15) is 38.7 Å². The molecule has 1 heteroatoms. The van der Waals surface area contributed by atoms with Crippen LogP contribution in [0.5, 0.6) is 0 Å². The van der Waals surface area contributed by atoms with Gasteiger partial charge in [-0.05, 0) is 37.8 Å². The van der Waals surface area contributed by atoms with Gasteiger partial charge in [0.25, 0.3) is 0 Å². The minimum absolute atomic E-state index is 0.709. The van der Waals surface area contributed by atoms with E-state index in [1.165, 1.54) is 31.2 Å². The van der Waals surface area contributed by atoms with Gasteiger partial charge in [0.2, 0.25) is 0 Å². The first-order chi connectivity index (χ1) is 7.36. The van der Waals surface area contributed by atoms with Crippen molar-refractivity contribution < 1.29 is 0 Å². The summed E-state index contributed by atoms with van der Waals surface area (Å²) in [5.41, 5.74) is 1.45. The van der Waals surface area contributed by atoms with Gasteiger partial charge in [0.15, 0.2) is 0 Å². The summed E-state index contributed by atoms with van der Waals surface area (Å²) < 4.78 is 0. The van der Waals surface area contributed by atoms with Crippen LogP contribution >= 0.6 is 0 Å². The number of hydrogen-bond donors (Lipinski definition) is 1. The molecule has 0 saturated heterocycles. The van der Waals surface area contributed by atoms with Crippen molar-refractivity contribution in [3.63, 3.8) is 0 Å². The highest BCUT2D eigenvalue weighted by Gasteiger charge is 2.00. The zero-order valence-corrected chi connectivity index (χ0v) is 10.00. The third kappa shape index (κ3) is 4.98. The minimum atomic E-state index is 0.709.